The molecule has 2 N–H and O–H groups in total. The molecule has 1 aliphatic rings. The Morgan fingerprint density at radius 2 is 1.69 bits per heavy atom. The van der Waals surface area contributed by atoms with Crippen molar-refractivity contribution < 1.29 is 23.9 Å². The molecule has 0 radical (unpaired) electrons. The summed E-state index contributed by atoms with van der Waals surface area (Å²) in [4.78, 5) is 39.6. The van der Waals surface area contributed by atoms with Gasteiger partial charge >= 0.3 is 5.97 Å². The average molecular weight is 495 g/mol. The van der Waals surface area contributed by atoms with Crippen LogP contribution < -0.4 is 10.6 Å². The summed E-state index contributed by atoms with van der Waals surface area (Å²) in [6, 6.07) is 10.8. The molecule has 1 aliphatic heterocycles. The van der Waals surface area contributed by atoms with Crippen LogP contribution in [0.3, 0.4) is 0 Å². The quantitative estimate of drug-likeness (QED) is 0.449. The molecule has 1 amide bonds. The first-order valence-electron chi connectivity index (χ1n) is 12.6. The van der Waals surface area contributed by atoms with Crippen LogP contribution in [0.1, 0.15) is 54.0 Å². The summed E-state index contributed by atoms with van der Waals surface area (Å²) in [5.74, 6) is -1.43. The minimum Gasteiger partial charge on any atom is -0.467 e. The van der Waals surface area contributed by atoms with E-state index >= 15 is 0 Å². The molecule has 0 fully saturated rings. The fourth-order valence-corrected chi connectivity index (χ4v) is 4.89. The second-order valence-corrected chi connectivity index (χ2v) is 9.59. The van der Waals surface area contributed by atoms with Crippen LogP contribution in [-0.2, 0) is 30.3 Å². The molecule has 0 unspecified atom stereocenters. The van der Waals surface area contributed by atoms with Crippen molar-refractivity contribution in [1.29, 1.82) is 0 Å². The van der Waals surface area contributed by atoms with Crippen molar-refractivity contribution in [3.63, 3.8) is 0 Å². The molecular formula is C29H38N2O5. The van der Waals surface area contributed by atoms with E-state index in [9.17, 15) is 14.4 Å². The third-order valence-electron chi connectivity index (χ3n) is 7.01. The molecule has 194 valence electrons. The van der Waals surface area contributed by atoms with Gasteiger partial charge in [0.05, 0.1) is 13.2 Å². The normalized spacial score (nSPS) is 20.4. The van der Waals surface area contributed by atoms with E-state index in [0.29, 0.717) is 19.4 Å². The predicted molar refractivity (Wildman–Crippen MR) is 140 cm³/mol. The number of benzene rings is 2. The molecule has 1 heterocycles. The highest BCUT2D eigenvalue weighted by molar-refractivity contribution is 5.92. The number of likely N-dealkylation sites (N-methyl/N-ethyl adjacent to an activating group) is 1. The average Bonchev–Trinajstić information content (AvgIpc) is 2.87. The number of nitrogens with one attached hydrogen (secondary N) is 2. The summed E-state index contributed by atoms with van der Waals surface area (Å²) in [5, 5.41) is 6.05. The first kappa shape index (κ1) is 27.6. The van der Waals surface area contributed by atoms with E-state index in [-0.39, 0.29) is 18.1 Å². The van der Waals surface area contributed by atoms with E-state index in [1.54, 1.807) is 14.2 Å². The number of amides is 1. The van der Waals surface area contributed by atoms with Crippen molar-refractivity contribution in [2.45, 2.75) is 58.0 Å². The second-order valence-electron chi connectivity index (χ2n) is 9.59. The van der Waals surface area contributed by atoms with Crippen molar-refractivity contribution in [2.75, 3.05) is 27.9 Å². The Kier molecular flexibility index (Phi) is 9.79. The van der Waals surface area contributed by atoms with E-state index in [4.69, 9.17) is 9.47 Å². The highest BCUT2D eigenvalue weighted by Crippen LogP contribution is 2.32. The van der Waals surface area contributed by atoms with E-state index in [1.165, 1.54) is 7.11 Å². The SMILES string of the molecule is CN[C@@H]1C(=O)C[C@@H](CCCCOC)C(=O)N[C@H](C(=O)OC)Cc2ccc(C)c(c2)-c2cc1ccc2C. The van der Waals surface area contributed by atoms with Gasteiger partial charge in [0.1, 0.15) is 6.04 Å². The Bertz CT molecular complexity index is 1100. The molecule has 2 aromatic rings. The number of ketones is 1. The summed E-state index contributed by atoms with van der Waals surface area (Å²) < 4.78 is 10.2. The molecular weight excluding hydrogens is 456 g/mol. The van der Waals surface area contributed by atoms with Gasteiger partial charge in [0.2, 0.25) is 5.91 Å². The molecule has 7 heteroatoms. The van der Waals surface area contributed by atoms with Gasteiger partial charge in [-0.2, -0.15) is 0 Å². The molecule has 0 saturated carbocycles. The van der Waals surface area contributed by atoms with Crippen molar-refractivity contribution >= 4 is 17.7 Å². The Hall–Kier alpha value is -3.03. The number of hydrogen-bond acceptors (Lipinski definition) is 6. The number of methoxy groups -OCH3 is 2. The zero-order chi connectivity index (χ0) is 26.2. The van der Waals surface area contributed by atoms with Crippen LogP contribution in [0.15, 0.2) is 36.4 Å². The lowest BCUT2D eigenvalue weighted by molar-refractivity contribution is -0.145. The van der Waals surface area contributed by atoms with E-state index in [1.807, 2.05) is 31.2 Å². The van der Waals surface area contributed by atoms with Crippen LogP contribution in [0.5, 0.6) is 0 Å². The van der Waals surface area contributed by atoms with Crippen LogP contribution in [0.4, 0.5) is 0 Å². The molecule has 0 saturated heterocycles. The maximum absolute atomic E-state index is 13.5. The van der Waals surface area contributed by atoms with Gasteiger partial charge in [-0.25, -0.2) is 4.79 Å². The number of unbranched alkanes of at least 4 members (excludes halogenated alkanes) is 1. The third kappa shape index (κ3) is 6.59. The van der Waals surface area contributed by atoms with Crippen LogP contribution in [0.25, 0.3) is 11.1 Å². The first-order chi connectivity index (χ1) is 17.3. The lowest BCUT2D eigenvalue weighted by atomic mass is 9.87. The summed E-state index contributed by atoms with van der Waals surface area (Å²) >= 11 is 0. The summed E-state index contributed by atoms with van der Waals surface area (Å²) in [6.45, 7) is 4.69. The van der Waals surface area contributed by atoms with Crippen molar-refractivity contribution in [3.8, 4) is 11.1 Å². The number of Topliss-reactive ketones (excluding diaryl/α,β-unsaturated/α-hetero) is 1. The molecule has 0 aromatic heterocycles. The maximum atomic E-state index is 13.5. The zero-order valence-electron chi connectivity index (χ0n) is 22.0. The monoisotopic (exact) mass is 494 g/mol. The second kappa shape index (κ2) is 12.8. The summed E-state index contributed by atoms with van der Waals surface area (Å²) in [7, 11) is 4.72. The topological polar surface area (TPSA) is 93.7 Å². The molecule has 7 nitrogen and oxygen atoms in total. The largest absolute Gasteiger partial charge is 0.467 e. The molecule has 36 heavy (non-hydrogen) atoms. The van der Waals surface area contributed by atoms with Gasteiger partial charge in [-0.15, -0.1) is 0 Å². The summed E-state index contributed by atoms with van der Waals surface area (Å²) in [6.07, 6.45) is 2.43. The standard InChI is InChI=1S/C29H38N2O5/c1-18-9-11-20-14-23(18)24-16-21(12-10-19(24)2)27(30-3)26(32)17-22(8-6-7-13-35-4)28(33)31-25(15-20)29(34)36-5/h9-12,14,16,22,25,27,30H,6-8,13,15,17H2,1-5H3,(H,31,33)/t22-,25+,27+/m1/s1. The van der Waals surface area contributed by atoms with Gasteiger partial charge < -0.3 is 20.1 Å². The highest BCUT2D eigenvalue weighted by Gasteiger charge is 2.31. The fraction of sp³-hybridized carbons (Fsp3) is 0.483. The Morgan fingerprint density at radius 1 is 1.00 bits per heavy atom. The lowest BCUT2D eigenvalue weighted by Gasteiger charge is -2.25. The van der Waals surface area contributed by atoms with Gasteiger partial charge in [0.15, 0.2) is 5.78 Å². The number of carbonyl (C=O) groups excluding carboxylic acids is 3. The van der Waals surface area contributed by atoms with E-state index in [2.05, 4.69) is 29.7 Å². The van der Waals surface area contributed by atoms with Crippen LogP contribution in [-0.4, -0.2) is 51.6 Å². The van der Waals surface area contributed by atoms with Crippen molar-refractivity contribution in [2.24, 2.45) is 5.92 Å². The smallest absolute Gasteiger partial charge is 0.328 e. The van der Waals surface area contributed by atoms with Gasteiger partial charge in [0, 0.05) is 32.5 Å². The number of ether oxygens (including phenoxy) is 2. The lowest BCUT2D eigenvalue weighted by Crippen LogP contribution is -2.46. The van der Waals surface area contributed by atoms with Crippen LogP contribution in [0.2, 0.25) is 0 Å². The van der Waals surface area contributed by atoms with Gasteiger partial charge in [-0.3, -0.25) is 9.59 Å². The number of fused-ring (bicyclic) bond motifs is 5. The van der Waals surface area contributed by atoms with Crippen LogP contribution >= 0.6 is 0 Å². The first-order valence-corrected chi connectivity index (χ1v) is 12.6. The van der Waals surface area contributed by atoms with Gasteiger partial charge in [0.25, 0.3) is 0 Å². The molecule has 0 spiro atoms. The molecule has 3 rings (SSSR count). The van der Waals surface area contributed by atoms with E-state index < -0.39 is 24.0 Å². The van der Waals surface area contributed by atoms with Gasteiger partial charge in [-0.05, 0) is 73.2 Å². The number of hydrogen-bond donors (Lipinski definition) is 2. The molecule has 0 aliphatic carbocycles. The Balaban J connectivity index is 2.10. The maximum Gasteiger partial charge on any atom is 0.328 e. The number of carbonyl (C=O) groups is 3. The van der Waals surface area contributed by atoms with Crippen molar-refractivity contribution in [1.82, 2.24) is 10.6 Å². The highest BCUT2D eigenvalue weighted by atomic mass is 16.5. The number of esters is 1. The Labute approximate surface area is 213 Å². The predicted octanol–water partition coefficient (Wildman–Crippen LogP) is 3.84. The number of rotatable bonds is 7. The molecule has 2 aromatic carbocycles. The minimum atomic E-state index is -0.842. The van der Waals surface area contributed by atoms with Crippen molar-refractivity contribution in [3.05, 3.63) is 58.7 Å². The summed E-state index contributed by atoms with van der Waals surface area (Å²) in [5.41, 5.74) is 6.07. The fourth-order valence-electron chi connectivity index (χ4n) is 4.89. The number of aryl methyl sites for hydroxylation is 2. The third-order valence-corrected chi connectivity index (χ3v) is 7.01. The minimum absolute atomic E-state index is 0.0589. The molecule has 4 bridgehead atoms. The Morgan fingerprint density at radius 3 is 2.36 bits per heavy atom. The molecule has 3 atom stereocenters. The van der Waals surface area contributed by atoms with E-state index in [0.717, 1.165) is 46.2 Å². The zero-order valence-corrected chi connectivity index (χ0v) is 22.0. The van der Waals surface area contributed by atoms with Gasteiger partial charge in [-0.1, -0.05) is 36.8 Å². The van der Waals surface area contributed by atoms with Crippen LogP contribution in [0, 0.1) is 19.8 Å².